The fourth-order valence-corrected chi connectivity index (χ4v) is 3.35. The number of nitrogens with zero attached hydrogens (tertiary/aromatic N) is 1. The lowest BCUT2D eigenvalue weighted by Crippen LogP contribution is -2.49. The van der Waals surface area contributed by atoms with Gasteiger partial charge in [-0.15, -0.1) is 0 Å². The van der Waals surface area contributed by atoms with Crippen LogP contribution in [0.5, 0.6) is 5.75 Å². The van der Waals surface area contributed by atoms with Crippen LogP contribution in [0.15, 0.2) is 51.4 Å². The zero-order valence-corrected chi connectivity index (χ0v) is 20.8. The van der Waals surface area contributed by atoms with E-state index in [9.17, 15) is 9.59 Å². The minimum Gasteiger partial charge on any atom is -0.484 e. The van der Waals surface area contributed by atoms with Crippen molar-refractivity contribution in [3.05, 3.63) is 62.5 Å². The van der Waals surface area contributed by atoms with E-state index in [2.05, 4.69) is 44.1 Å². The molecule has 2 amide bonds. The molecular weight excluding hydrogens is 512 g/mol. The van der Waals surface area contributed by atoms with E-state index < -0.39 is 6.04 Å². The van der Waals surface area contributed by atoms with Gasteiger partial charge in [-0.2, -0.15) is 0 Å². The summed E-state index contributed by atoms with van der Waals surface area (Å²) in [5.41, 5.74) is 1.97. The Morgan fingerprint density at radius 3 is 2.47 bits per heavy atom. The average molecular weight is 540 g/mol. The molecule has 30 heavy (non-hydrogen) atoms. The number of unbranched alkanes of at least 4 members (excludes halogenated alkanes) is 1. The van der Waals surface area contributed by atoms with E-state index in [4.69, 9.17) is 4.74 Å². The Bertz CT molecular complexity index is 856. The first-order valence-corrected chi connectivity index (χ1v) is 11.6. The number of aryl methyl sites for hydroxylation is 1. The van der Waals surface area contributed by atoms with Gasteiger partial charge in [0.05, 0.1) is 0 Å². The molecule has 2 aromatic carbocycles. The predicted octanol–water partition coefficient (Wildman–Crippen LogP) is 5.23. The molecule has 1 atom stereocenters. The van der Waals surface area contributed by atoms with Gasteiger partial charge >= 0.3 is 0 Å². The van der Waals surface area contributed by atoms with Gasteiger partial charge in [0.25, 0.3) is 5.91 Å². The molecule has 2 aromatic rings. The minimum atomic E-state index is -0.603. The van der Waals surface area contributed by atoms with Gasteiger partial charge in [-0.1, -0.05) is 57.3 Å². The summed E-state index contributed by atoms with van der Waals surface area (Å²) in [7, 11) is 0. The number of ether oxygens (including phenoxy) is 1. The molecule has 0 aliphatic carbocycles. The molecular formula is C23H28Br2N2O3. The molecule has 0 bridgehead atoms. The van der Waals surface area contributed by atoms with Gasteiger partial charge in [0, 0.05) is 22.0 Å². The Kier molecular flexibility index (Phi) is 9.85. The van der Waals surface area contributed by atoms with E-state index in [1.54, 1.807) is 11.8 Å². The zero-order valence-electron chi connectivity index (χ0n) is 17.6. The number of rotatable bonds is 10. The van der Waals surface area contributed by atoms with Crippen LogP contribution in [0.3, 0.4) is 0 Å². The molecule has 0 aliphatic heterocycles. The summed E-state index contributed by atoms with van der Waals surface area (Å²) < 4.78 is 7.66. The maximum Gasteiger partial charge on any atom is 0.261 e. The molecule has 1 unspecified atom stereocenters. The summed E-state index contributed by atoms with van der Waals surface area (Å²) in [6.45, 7) is 6.58. The quantitative estimate of drug-likeness (QED) is 0.420. The average Bonchev–Trinajstić information content (AvgIpc) is 2.73. The first-order chi connectivity index (χ1) is 14.3. The molecule has 1 N–H and O–H groups in total. The van der Waals surface area contributed by atoms with Crippen LogP contribution in [0.25, 0.3) is 0 Å². The molecule has 0 aliphatic rings. The number of carbonyl (C=O) groups is 2. The van der Waals surface area contributed by atoms with Crippen LogP contribution in [0, 0.1) is 6.92 Å². The Hall–Kier alpha value is -1.86. The van der Waals surface area contributed by atoms with E-state index >= 15 is 0 Å². The fourth-order valence-electron chi connectivity index (χ4n) is 2.84. The van der Waals surface area contributed by atoms with E-state index in [1.807, 2.05) is 49.4 Å². The third-order valence-electron chi connectivity index (χ3n) is 4.75. The number of carbonyl (C=O) groups excluding carboxylic acids is 2. The summed E-state index contributed by atoms with van der Waals surface area (Å²) >= 11 is 6.88. The lowest BCUT2D eigenvalue weighted by molar-refractivity contribution is -0.142. The Morgan fingerprint density at radius 2 is 1.83 bits per heavy atom. The van der Waals surface area contributed by atoms with Crippen molar-refractivity contribution in [2.75, 3.05) is 13.2 Å². The van der Waals surface area contributed by atoms with E-state index in [0.717, 1.165) is 32.9 Å². The number of hydrogen-bond donors (Lipinski definition) is 1. The second kappa shape index (κ2) is 12.1. The van der Waals surface area contributed by atoms with Gasteiger partial charge in [-0.05, 0) is 61.7 Å². The monoisotopic (exact) mass is 538 g/mol. The molecule has 7 heteroatoms. The Morgan fingerprint density at radius 1 is 1.13 bits per heavy atom. The number of benzene rings is 2. The maximum atomic E-state index is 13.0. The smallest absolute Gasteiger partial charge is 0.261 e. The van der Waals surface area contributed by atoms with E-state index in [-0.39, 0.29) is 18.4 Å². The third-order valence-corrected chi connectivity index (χ3v) is 6.17. The molecule has 0 radical (unpaired) electrons. The molecule has 0 saturated heterocycles. The van der Waals surface area contributed by atoms with Crippen molar-refractivity contribution >= 4 is 43.7 Å². The summed E-state index contributed by atoms with van der Waals surface area (Å²) in [5, 5.41) is 2.91. The van der Waals surface area contributed by atoms with Crippen LogP contribution >= 0.6 is 31.9 Å². The predicted molar refractivity (Wildman–Crippen MR) is 126 cm³/mol. The van der Waals surface area contributed by atoms with Gasteiger partial charge in [0.2, 0.25) is 5.91 Å². The topological polar surface area (TPSA) is 58.6 Å². The molecule has 2 rings (SSSR count). The minimum absolute atomic E-state index is 0.135. The molecule has 162 valence electrons. The highest BCUT2D eigenvalue weighted by Gasteiger charge is 2.26. The lowest BCUT2D eigenvalue weighted by atomic mass is 10.1. The highest BCUT2D eigenvalue weighted by atomic mass is 79.9. The first kappa shape index (κ1) is 24.4. The van der Waals surface area contributed by atoms with Crippen LogP contribution in [-0.4, -0.2) is 35.9 Å². The van der Waals surface area contributed by atoms with Crippen LogP contribution in [0.2, 0.25) is 0 Å². The zero-order chi connectivity index (χ0) is 22.1. The molecule has 0 heterocycles. The highest BCUT2D eigenvalue weighted by molar-refractivity contribution is 9.10. The first-order valence-electron chi connectivity index (χ1n) is 10.0. The van der Waals surface area contributed by atoms with Crippen molar-refractivity contribution in [2.45, 2.75) is 46.2 Å². The second-order valence-corrected chi connectivity index (χ2v) is 8.94. The fraction of sp³-hybridized carbons (Fsp3) is 0.391. The Labute approximate surface area is 195 Å². The maximum absolute atomic E-state index is 13.0. The SMILES string of the molecule is CCCCNC(=O)C(C)N(Cc1ccc(Br)cc1)C(=O)COc1ccc(Br)c(C)c1. The van der Waals surface area contributed by atoms with Gasteiger partial charge in [-0.25, -0.2) is 0 Å². The standard InChI is InChI=1S/C23H28Br2N2O3/c1-4-5-12-26-23(29)17(3)27(14-18-6-8-19(24)9-7-18)22(28)15-30-20-10-11-21(25)16(2)13-20/h6-11,13,17H,4-5,12,14-15H2,1-3H3,(H,26,29). The number of amides is 2. The number of halogens is 2. The Balaban J connectivity index is 2.11. The molecule has 0 fully saturated rings. The summed E-state index contributed by atoms with van der Waals surface area (Å²) in [5.74, 6) is 0.220. The van der Waals surface area contributed by atoms with Crippen LogP contribution in [-0.2, 0) is 16.1 Å². The lowest BCUT2D eigenvalue weighted by Gasteiger charge is -2.28. The van der Waals surface area contributed by atoms with E-state index in [0.29, 0.717) is 18.8 Å². The van der Waals surface area contributed by atoms with Crippen molar-refractivity contribution < 1.29 is 14.3 Å². The van der Waals surface area contributed by atoms with Crippen molar-refractivity contribution in [1.29, 1.82) is 0 Å². The van der Waals surface area contributed by atoms with Gasteiger partial charge < -0.3 is 15.0 Å². The van der Waals surface area contributed by atoms with Crippen LogP contribution in [0.4, 0.5) is 0 Å². The van der Waals surface area contributed by atoms with Crippen LogP contribution < -0.4 is 10.1 Å². The summed E-state index contributed by atoms with van der Waals surface area (Å²) in [6.07, 6.45) is 1.90. The number of nitrogens with one attached hydrogen (secondary N) is 1. The van der Waals surface area contributed by atoms with Gasteiger partial charge in [0.15, 0.2) is 6.61 Å². The van der Waals surface area contributed by atoms with Crippen molar-refractivity contribution in [2.24, 2.45) is 0 Å². The molecule has 5 nitrogen and oxygen atoms in total. The summed E-state index contributed by atoms with van der Waals surface area (Å²) in [6, 6.07) is 12.7. The van der Waals surface area contributed by atoms with Crippen molar-refractivity contribution in [1.82, 2.24) is 10.2 Å². The molecule has 0 spiro atoms. The van der Waals surface area contributed by atoms with Gasteiger partial charge in [0.1, 0.15) is 11.8 Å². The molecule has 0 saturated carbocycles. The number of hydrogen-bond acceptors (Lipinski definition) is 3. The second-order valence-electron chi connectivity index (χ2n) is 7.17. The highest BCUT2D eigenvalue weighted by Crippen LogP contribution is 2.22. The third kappa shape index (κ3) is 7.43. The molecule has 0 aromatic heterocycles. The van der Waals surface area contributed by atoms with E-state index in [1.165, 1.54) is 0 Å². The normalized spacial score (nSPS) is 11.6. The van der Waals surface area contributed by atoms with Gasteiger partial charge in [-0.3, -0.25) is 9.59 Å². The summed E-state index contributed by atoms with van der Waals surface area (Å²) in [4.78, 5) is 27.2. The van der Waals surface area contributed by atoms with Crippen molar-refractivity contribution in [3.8, 4) is 5.75 Å². The van der Waals surface area contributed by atoms with Crippen LogP contribution in [0.1, 0.15) is 37.8 Å². The van der Waals surface area contributed by atoms with Crippen molar-refractivity contribution in [3.63, 3.8) is 0 Å². The largest absolute Gasteiger partial charge is 0.484 e.